The first-order chi connectivity index (χ1) is 18.9. The van der Waals surface area contributed by atoms with Crippen LogP contribution in [0.5, 0.6) is 23.0 Å². The molecule has 0 aliphatic heterocycles. The summed E-state index contributed by atoms with van der Waals surface area (Å²) in [6, 6.07) is 15.0. The van der Waals surface area contributed by atoms with Crippen LogP contribution in [0, 0.1) is 0 Å². The normalized spacial score (nSPS) is 10.9. The van der Waals surface area contributed by atoms with Gasteiger partial charge in [0.15, 0.2) is 5.78 Å². The number of carbonyl (C=O) groups excluding carboxylic acids is 1. The quantitative estimate of drug-likeness (QED) is 0.145. The van der Waals surface area contributed by atoms with Gasteiger partial charge in [-0.25, -0.2) is 0 Å². The lowest BCUT2D eigenvalue weighted by atomic mass is 10.0. The van der Waals surface area contributed by atoms with Crippen molar-refractivity contribution in [2.45, 2.75) is 52.4 Å². The van der Waals surface area contributed by atoms with Gasteiger partial charge in [0.25, 0.3) is 0 Å². The van der Waals surface area contributed by atoms with Gasteiger partial charge in [-0.05, 0) is 66.9 Å². The van der Waals surface area contributed by atoms with Gasteiger partial charge in [0.1, 0.15) is 23.0 Å². The second-order valence-corrected chi connectivity index (χ2v) is 9.28. The molecule has 8 nitrogen and oxygen atoms in total. The predicted octanol–water partition coefficient (Wildman–Crippen LogP) is 6.20. The average molecular weight is 539 g/mol. The maximum absolute atomic E-state index is 11.7. The van der Waals surface area contributed by atoms with E-state index in [0.717, 1.165) is 29.4 Å². The molecule has 3 aromatic rings. The number of carboxylic acid groups (broad SMARTS) is 1. The first-order valence-corrected chi connectivity index (χ1v) is 13.5. The Kier molecular flexibility index (Phi) is 11.9. The smallest absolute Gasteiger partial charge is 0.303 e. The fraction of sp³-hybridized carbons (Fsp3) is 0.419. The highest BCUT2D eigenvalue weighted by Gasteiger charge is 2.15. The predicted molar refractivity (Wildman–Crippen MR) is 149 cm³/mol. The van der Waals surface area contributed by atoms with E-state index < -0.39 is 5.97 Å². The first kappa shape index (κ1) is 29.8. The van der Waals surface area contributed by atoms with Crippen molar-refractivity contribution in [3.8, 4) is 23.0 Å². The maximum Gasteiger partial charge on any atom is 0.303 e. The van der Waals surface area contributed by atoms with Crippen LogP contribution in [0.4, 0.5) is 0 Å². The molecule has 0 atom stereocenters. The Labute approximate surface area is 229 Å². The minimum absolute atomic E-state index is 0.0197. The molecule has 39 heavy (non-hydrogen) atoms. The van der Waals surface area contributed by atoms with Crippen molar-refractivity contribution >= 4 is 22.5 Å². The van der Waals surface area contributed by atoms with Crippen molar-refractivity contribution in [2.75, 3.05) is 33.0 Å². The van der Waals surface area contributed by atoms with E-state index in [9.17, 15) is 14.7 Å². The summed E-state index contributed by atoms with van der Waals surface area (Å²) in [5.74, 6) is 1.11. The molecule has 0 bridgehead atoms. The molecular weight excluding hydrogens is 500 g/mol. The van der Waals surface area contributed by atoms with Crippen molar-refractivity contribution < 1.29 is 38.7 Å². The third kappa shape index (κ3) is 9.48. The van der Waals surface area contributed by atoms with E-state index in [-0.39, 0.29) is 18.0 Å². The van der Waals surface area contributed by atoms with Crippen LogP contribution in [-0.2, 0) is 16.0 Å². The van der Waals surface area contributed by atoms with Crippen LogP contribution in [0.3, 0.4) is 0 Å². The summed E-state index contributed by atoms with van der Waals surface area (Å²) in [7, 11) is 0. The Hall–Kier alpha value is -3.78. The Morgan fingerprint density at radius 1 is 0.769 bits per heavy atom. The standard InChI is InChI=1S/C31H38O8/c1-3-7-28-29(14-13-27(22(2)32)31(28)35)39-19-6-16-36-15-5-18-38-26-12-10-23-9-11-25(20-24(23)21-26)37-17-4-8-30(33)34/h9-14,20-21,35H,3-8,15-19H2,1-2H3,(H,33,34). The molecule has 0 saturated heterocycles. The van der Waals surface area contributed by atoms with Crippen molar-refractivity contribution in [3.05, 3.63) is 59.7 Å². The van der Waals surface area contributed by atoms with Gasteiger partial charge < -0.3 is 29.2 Å². The summed E-state index contributed by atoms with van der Waals surface area (Å²) in [5.41, 5.74) is 1.00. The number of hydrogen-bond acceptors (Lipinski definition) is 7. The molecule has 3 rings (SSSR count). The number of carbonyl (C=O) groups is 2. The van der Waals surface area contributed by atoms with Gasteiger partial charge >= 0.3 is 5.97 Å². The van der Waals surface area contributed by atoms with Crippen molar-refractivity contribution in [1.29, 1.82) is 0 Å². The Balaban J connectivity index is 1.34. The molecular formula is C31H38O8. The largest absolute Gasteiger partial charge is 0.507 e. The molecule has 0 aliphatic carbocycles. The topological polar surface area (TPSA) is 112 Å². The fourth-order valence-electron chi connectivity index (χ4n) is 4.12. The number of fused-ring (bicyclic) bond motifs is 1. The molecule has 0 amide bonds. The number of aromatic hydroxyl groups is 1. The zero-order valence-corrected chi connectivity index (χ0v) is 22.7. The SMILES string of the molecule is CCCc1c(OCCCOCCCOc2ccc3ccc(OCCCC(=O)O)cc3c2)ccc(C(C)=O)c1O. The number of phenols is 1. The lowest BCUT2D eigenvalue weighted by Gasteiger charge is -2.14. The third-order valence-corrected chi connectivity index (χ3v) is 6.10. The Bertz CT molecular complexity index is 1240. The average Bonchev–Trinajstić information content (AvgIpc) is 2.91. The molecule has 210 valence electrons. The van der Waals surface area contributed by atoms with Crippen molar-refractivity contribution in [2.24, 2.45) is 0 Å². The second-order valence-electron chi connectivity index (χ2n) is 9.28. The number of phenolic OH excluding ortho intramolecular Hbond substituents is 1. The zero-order valence-electron chi connectivity index (χ0n) is 22.7. The van der Waals surface area contributed by atoms with Gasteiger partial charge in [-0.1, -0.05) is 25.5 Å². The van der Waals surface area contributed by atoms with Crippen LogP contribution in [0.2, 0.25) is 0 Å². The van der Waals surface area contributed by atoms with Crippen LogP contribution < -0.4 is 14.2 Å². The molecule has 0 unspecified atom stereocenters. The van der Waals surface area contributed by atoms with Gasteiger partial charge in [-0.3, -0.25) is 9.59 Å². The molecule has 2 N–H and O–H groups in total. The maximum atomic E-state index is 11.7. The lowest BCUT2D eigenvalue weighted by molar-refractivity contribution is -0.137. The molecule has 3 aromatic carbocycles. The van der Waals surface area contributed by atoms with E-state index in [1.165, 1.54) is 6.92 Å². The van der Waals surface area contributed by atoms with E-state index in [2.05, 4.69) is 0 Å². The van der Waals surface area contributed by atoms with Crippen LogP contribution in [0.15, 0.2) is 48.5 Å². The number of aliphatic carboxylic acids is 1. The van der Waals surface area contributed by atoms with Crippen LogP contribution in [-0.4, -0.2) is 55.0 Å². The summed E-state index contributed by atoms with van der Waals surface area (Å²) in [5, 5.41) is 21.2. The monoisotopic (exact) mass is 538 g/mol. The molecule has 0 saturated carbocycles. The van der Waals surface area contributed by atoms with Crippen LogP contribution in [0.25, 0.3) is 10.8 Å². The number of hydrogen-bond donors (Lipinski definition) is 2. The molecule has 0 fully saturated rings. The summed E-state index contributed by atoms with van der Waals surface area (Å²) in [6.45, 7) is 5.91. The molecule has 0 spiro atoms. The number of benzene rings is 3. The molecule has 8 heteroatoms. The number of Topliss-reactive ketones (excluding diaryl/α,β-unsaturated/α-hetero) is 1. The van der Waals surface area contributed by atoms with Crippen molar-refractivity contribution in [3.63, 3.8) is 0 Å². The highest BCUT2D eigenvalue weighted by Crippen LogP contribution is 2.33. The zero-order chi connectivity index (χ0) is 28.0. The highest BCUT2D eigenvalue weighted by atomic mass is 16.5. The summed E-state index contributed by atoms with van der Waals surface area (Å²) < 4.78 is 23.1. The Morgan fingerprint density at radius 2 is 1.38 bits per heavy atom. The number of ketones is 1. The first-order valence-electron chi connectivity index (χ1n) is 13.5. The fourth-order valence-corrected chi connectivity index (χ4v) is 4.12. The van der Waals surface area contributed by atoms with Gasteiger partial charge in [0.2, 0.25) is 0 Å². The van der Waals surface area contributed by atoms with Crippen LogP contribution in [0.1, 0.15) is 61.9 Å². The molecule has 0 radical (unpaired) electrons. The lowest BCUT2D eigenvalue weighted by Crippen LogP contribution is -2.08. The highest BCUT2D eigenvalue weighted by molar-refractivity contribution is 5.97. The van der Waals surface area contributed by atoms with Gasteiger partial charge in [-0.15, -0.1) is 0 Å². The molecule has 0 aliphatic rings. The summed E-state index contributed by atoms with van der Waals surface area (Å²) >= 11 is 0. The number of rotatable bonds is 18. The van der Waals surface area contributed by atoms with E-state index in [0.29, 0.717) is 74.9 Å². The molecule has 0 aromatic heterocycles. The van der Waals surface area contributed by atoms with Crippen LogP contribution >= 0.6 is 0 Å². The van der Waals surface area contributed by atoms with E-state index in [4.69, 9.17) is 24.1 Å². The Morgan fingerprint density at radius 3 is 1.97 bits per heavy atom. The molecule has 0 heterocycles. The van der Waals surface area contributed by atoms with Crippen molar-refractivity contribution in [1.82, 2.24) is 0 Å². The summed E-state index contributed by atoms with van der Waals surface area (Å²) in [4.78, 5) is 22.3. The minimum Gasteiger partial charge on any atom is -0.507 e. The van der Waals surface area contributed by atoms with Gasteiger partial charge in [0, 0.05) is 38.0 Å². The second kappa shape index (κ2) is 15.6. The third-order valence-electron chi connectivity index (χ3n) is 6.10. The minimum atomic E-state index is -0.824. The van der Waals surface area contributed by atoms with E-state index in [1.807, 2.05) is 43.3 Å². The van der Waals surface area contributed by atoms with Gasteiger partial charge in [-0.2, -0.15) is 0 Å². The van der Waals surface area contributed by atoms with Gasteiger partial charge in [0.05, 0.1) is 25.4 Å². The summed E-state index contributed by atoms with van der Waals surface area (Å²) in [6.07, 6.45) is 3.47. The van der Waals surface area contributed by atoms with E-state index >= 15 is 0 Å². The number of carboxylic acids is 1. The van der Waals surface area contributed by atoms with E-state index in [1.54, 1.807) is 12.1 Å². The number of ether oxygens (including phenoxy) is 4.